The van der Waals surface area contributed by atoms with Crippen molar-refractivity contribution in [2.75, 3.05) is 7.11 Å². The number of rotatable bonds is 8. The summed E-state index contributed by atoms with van der Waals surface area (Å²) in [6.07, 6.45) is -2.32. The van der Waals surface area contributed by atoms with E-state index in [1.54, 1.807) is 0 Å². The second kappa shape index (κ2) is 8.48. The molecular weight excluding hydrogens is 359 g/mol. The lowest BCUT2D eigenvalue weighted by molar-refractivity contribution is -0.207. The van der Waals surface area contributed by atoms with Crippen LogP contribution in [0.1, 0.15) is 26.2 Å². The molecule has 9 heteroatoms. The fourth-order valence-electron chi connectivity index (χ4n) is 2.06. The highest BCUT2D eigenvalue weighted by atomic mass is 32.2. The molecule has 0 bridgehead atoms. The Morgan fingerprint density at radius 1 is 1.20 bits per heavy atom. The minimum atomic E-state index is -5.20. The molecule has 0 aromatic heterocycles. The first kappa shape index (κ1) is 21.2. The van der Waals surface area contributed by atoms with Crippen molar-refractivity contribution in [3.63, 3.8) is 0 Å². The van der Waals surface area contributed by atoms with Gasteiger partial charge in [-0.15, -0.1) is 0 Å². The summed E-state index contributed by atoms with van der Waals surface area (Å²) in [5, 5.41) is 0. The number of sulfonamides is 1. The second-order valence-corrected chi connectivity index (χ2v) is 6.96. The summed E-state index contributed by atoms with van der Waals surface area (Å²) in [5.74, 6) is -1.72. The smallest absolute Gasteiger partial charge is 0.418 e. The van der Waals surface area contributed by atoms with Gasteiger partial charge in [0.15, 0.2) is 0 Å². The monoisotopic (exact) mass is 379 g/mol. The van der Waals surface area contributed by atoms with Crippen LogP contribution in [-0.4, -0.2) is 33.2 Å². The first-order chi connectivity index (χ1) is 11.6. The standard InChI is InChI=1S/C16H20F3NO4S/c1-3-4-5-9-12-15(14(21)24-2,16(17,18)19)20-25(22,23)13-10-7-6-8-11-13/h5-11,20H,3-4,12H2,1-2H3. The van der Waals surface area contributed by atoms with Gasteiger partial charge in [0.2, 0.25) is 15.6 Å². The van der Waals surface area contributed by atoms with Gasteiger partial charge in [-0.1, -0.05) is 43.7 Å². The molecule has 0 spiro atoms. The molecule has 1 aromatic rings. The van der Waals surface area contributed by atoms with Crippen LogP contribution < -0.4 is 4.72 Å². The average molecular weight is 379 g/mol. The summed E-state index contributed by atoms with van der Waals surface area (Å²) < 4.78 is 71.6. The van der Waals surface area contributed by atoms with Crippen molar-refractivity contribution in [3.8, 4) is 0 Å². The number of esters is 1. The topological polar surface area (TPSA) is 72.5 Å². The number of ether oxygens (including phenoxy) is 1. The Morgan fingerprint density at radius 3 is 2.28 bits per heavy atom. The molecule has 25 heavy (non-hydrogen) atoms. The number of hydrogen-bond acceptors (Lipinski definition) is 4. The van der Waals surface area contributed by atoms with E-state index in [1.807, 2.05) is 6.92 Å². The van der Waals surface area contributed by atoms with Gasteiger partial charge in [0.25, 0.3) is 0 Å². The van der Waals surface area contributed by atoms with Gasteiger partial charge < -0.3 is 4.74 Å². The van der Waals surface area contributed by atoms with E-state index < -0.39 is 34.1 Å². The van der Waals surface area contributed by atoms with E-state index in [9.17, 15) is 26.4 Å². The number of carbonyl (C=O) groups is 1. The fourth-order valence-corrected chi connectivity index (χ4v) is 3.44. The summed E-state index contributed by atoms with van der Waals surface area (Å²) in [7, 11) is -3.83. The lowest BCUT2D eigenvalue weighted by Gasteiger charge is -2.32. The van der Waals surface area contributed by atoms with Crippen molar-refractivity contribution >= 4 is 16.0 Å². The maximum Gasteiger partial charge on any atom is 0.418 e. The maximum atomic E-state index is 13.7. The van der Waals surface area contributed by atoms with Crippen LogP contribution in [0.25, 0.3) is 0 Å². The SMILES string of the molecule is CCCC=CCC(NS(=O)(=O)c1ccccc1)(C(=O)OC)C(F)(F)F. The molecule has 1 atom stereocenters. The number of allylic oxidation sites excluding steroid dienone is 1. The van der Waals surface area contributed by atoms with E-state index in [-0.39, 0.29) is 4.90 Å². The number of benzene rings is 1. The average Bonchev–Trinajstić information content (AvgIpc) is 2.56. The van der Waals surface area contributed by atoms with Crippen LogP contribution in [0, 0.1) is 0 Å². The third-order valence-electron chi connectivity index (χ3n) is 3.43. The molecule has 0 aliphatic heterocycles. The highest BCUT2D eigenvalue weighted by Gasteiger charge is 2.62. The van der Waals surface area contributed by atoms with Crippen molar-refractivity contribution in [1.29, 1.82) is 0 Å². The molecule has 1 N–H and O–H groups in total. The second-order valence-electron chi connectivity index (χ2n) is 5.28. The number of nitrogens with one attached hydrogen (secondary N) is 1. The van der Waals surface area contributed by atoms with Crippen LogP contribution in [0.5, 0.6) is 0 Å². The fraction of sp³-hybridized carbons (Fsp3) is 0.438. The number of halogens is 3. The van der Waals surface area contributed by atoms with Crippen molar-refractivity contribution in [2.45, 2.75) is 42.8 Å². The van der Waals surface area contributed by atoms with Crippen molar-refractivity contribution in [3.05, 3.63) is 42.5 Å². The molecule has 1 rings (SSSR count). The lowest BCUT2D eigenvalue weighted by Crippen LogP contribution is -2.64. The lowest BCUT2D eigenvalue weighted by atomic mass is 9.95. The summed E-state index contributed by atoms with van der Waals surface area (Å²) in [6.45, 7) is 1.83. The summed E-state index contributed by atoms with van der Waals surface area (Å²) >= 11 is 0. The van der Waals surface area contributed by atoms with Gasteiger partial charge in [-0.25, -0.2) is 13.2 Å². The Bertz CT molecular complexity index is 702. The van der Waals surface area contributed by atoms with E-state index in [1.165, 1.54) is 29.0 Å². The third-order valence-corrected chi connectivity index (χ3v) is 4.94. The zero-order valence-corrected chi connectivity index (χ0v) is 14.7. The maximum absolute atomic E-state index is 13.7. The van der Waals surface area contributed by atoms with E-state index >= 15 is 0 Å². The molecule has 0 saturated heterocycles. The van der Waals surface area contributed by atoms with Crippen LogP contribution >= 0.6 is 0 Å². The van der Waals surface area contributed by atoms with Crippen LogP contribution in [0.2, 0.25) is 0 Å². The first-order valence-electron chi connectivity index (χ1n) is 7.50. The van der Waals surface area contributed by atoms with E-state index in [2.05, 4.69) is 4.74 Å². The van der Waals surface area contributed by atoms with Gasteiger partial charge in [0.1, 0.15) is 0 Å². The van der Waals surface area contributed by atoms with Crippen molar-refractivity contribution in [1.82, 2.24) is 4.72 Å². The Balaban J connectivity index is 3.36. The molecule has 1 unspecified atom stereocenters. The predicted molar refractivity (Wildman–Crippen MR) is 86.2 cm³/mol. The van der Waals surface area contributed by atoms with Gasteiger partial charge in [0.05, 0.1) is 12.0 Å². The Labute approximate surface area is 144 Å². The molecule has 0 aliphatic carbocycles. The van der Waals surface area contributed by atoms with Gasteiger partial charge in [-0.2, -0.15) is 17.9 Å². The quantitative estimate of drug-likeness (QED) is 0.556. The number of carbonyl (C=O) groups excluding carboxylic acids is 1. The molecule has 5 nitrogen and oxygen atoms in total. The van der Waals surface area contributed by atoms with Gasteiger partial charge in [-0.05, 0) is 18.6 Å². The summed E-state index contributed by atoms with van der Waals surface area (Å²) in [6, 6.07) is 6.51. The molecule has 0 fully saturated rings. The minimum absolute atomic E-state index is 0.384. The summed E-state index contributed by atoms with van der Waals surface area (Å²) in [5.41, 5.74) is -3.40. The highest BCUT2D eigenvalue weighted by molar-refractivity contribution is 7.89. The molecule has 140 valence electrons. The highest BCUT2D eigenvalue weighted by Crippen LogP contribution is 2.36. The summed E-state index contributed by atoms with van der Waals surface area (Å²) in [4.78, 5) is 11.6. The third kappa shape index (κ3) is 5.05. The van der Waals surface area contributed by atoms with E-state index in [0.29, 0.717) is 12.8 Å². The van der Waals surface area contributed by atoms with Gasteiger partial charge in [0, 0.05) is 6.42 Å². The zero-order valence-electron chi connectivity index (χ0n) is 13.8. The Hall–Kier alpha value is -1.87. The van der Waals surface area contributed by atoms with Crippen LogP contribution in [-0.2, 0) is 19.6 Å². The number of alkyl halides is 3. The molecule has 0 radical (unpaired) electrons. The molecule has 0 heterocycles. The molecular formula is C16H20F3NO4S. The van der Waals surface area contributed by atoms with E-state index in [4.69, 9.17) is 0 Å². The molecule has 0 saturated carbocycles. The van der Waals surface area contributed by atoms with Gasteiger partial charge in [-0.3, -0.25) is 0 Å². The Morgan fingerprint density at radius 2 is 1.80 bits per heavy atom. The molecule has 0 aliphatic rings. The van der Waals surface area contributed by atoms with Gasteiger partial charge >= 0.3 is 12.1 Å². The minimum Gasteiger partial charge on any atom is -0.467 e. The predicted octanol–water partition coefficient (Wildman–Crippen LogP) is 3.19. The van der Waals surface area contributed by atoms with Crippen LogP contribution in [0.4, 0.5) is 13.2 Å². The molecule has 1 aromatic carbocycles. The van der Waals surface area contributed by atoms with E-state index in [0.717, 1.165) is 25.3 Å². The number of unbranched alkanes of at least 4 members (excludes halogenated alkanes) is 1. The molecule has 0 amide bonds. The largest absolute Gasteiger partial charge is 0.467 e. The van der Waals surface area contributed by atoms with Crippen molar-refractivity contribution in [2.24, 2.45) is 0 Å². The first-order valence-corrected chi connectivity index (χ1v) is 8.98. The normalized spacial score (nSPS) is 15.1. The van der Waals surface area contributed by atoms with Crippen LogP contribution in [0.15, 0.2) is 47.4 Å². The van der Waals surface area contributed by atoms with Crippen molar-refractivity contribution < 1.29 is 31.1 Å². The number of methoxy groups -OCH3 is 1. The Kier molecular flexibility index (Phi) is 7.18. The zero-order chi connectivity index (χ0) is 19.1. The number of hydrogen-bond donors (Lipinski definition) is 1. The van der Waals surface area contributed by atoms with Crippen LogP contribution in [0.3, 0.4) is 0 Å².